The van der Waals surface area contributed by atoms with E-state index in [9.17, 15) is 10.1 Å². The number of nitrogens with zero attached hydrogens (tertiary/aromatic N) is 6. The number of aromatic nitrogens is 3. The van der Waals surface area contributed by atoms with Gasteiger partial charge in [-0.1, -0.05) is 0 Å². The maximum atomic E-state index is 16.9. The first-order chi connectivity index (χ1) is 22.5. The summed E-state index contributed by atoms with van der Waals surface area (Å²) in [5, 5.41) is 13.5. The van der Waals surface area contributed by atoms with Crippen LogP contribution in [0.25, 0.3) is 32.2 Å². The average molecular weight is 664 g/mol. The van der Waals surface area contributed by atoms with E-state index < -0.39 is 23.3 Å². The Morgan fingerprint density at radius 3 is 2.79 bits per heavy atom. The molecule has 3 aliphatic heterocycles. The van der Waals surface area contributed by atoms with Crippen LogP contribution < -0.4 is 10.2 Å². The number of fused-ring (bicyclic) bond motifs is 4. The van der Waals surface area contributed by atoms with Crippen LogP contribution in [0.5, 0.6) is 0 Å². The molecule has 0 spiro atoms. The zero-order valence-corrected chi connectivity index (χ0v) is 27.5. The molecule has 3 aromatic heterocycles. The summed E-state index contributed by atoms with van der Waals surface area (Å²) < 4.78 is 49.1. The van der Waals surface area contributed by atoms with Crippen LogP contribution in [0.15, 0.2) is 12.4 Å². The summed E-state index contributed by atoms with van der Waals surface area (Å²) in [7, 11) is 2.11. The lowest BCUT2D eigenvalue weighted by Crippen LogP contribution is -2.39. The summed E-state index contributed by atoms with van der Waals surface area (Å²) in [5.74, 6) is -0.936. The molecule has 11 nitrogen and oxygen atoms in total. The van der Waals surface area contributed by atoms with Gasteiger partial charge in [0, 0.05) is 54.8 Å². The monoisotopic (exact) mass is 663 g/mol. The van der Waals surface area contributed by atoms with Crippen LogP contribution in [0.4, 0.5) is 24.5 Å². The van der Waals surface area contributed by atoms with Crippen molar-refractivity contribution < 1.29 is 27.8 Å². The topological polar surface area (TPSA) is 126 Å². The van der Waals surface area contributed by atoms with Gasteiger partial charge in [0.1, 0.15) is 22.2 Å². The van der Waals surface area contributed by atoms with E-state index in [0.717, 1.165) is 62.1 Å². The smallest absolute Gasteiger partial charge is 0.412 e. The van der Waals surface area contributed by atoms with Crippen molar-refractivity contribution in [3.63, 3.8) is 0 Å². The highest BCUT2D eigenvalue weighted by Gasteiger charge is 2.33. The highest BCUT2D eigenvalue weighted by molar-refractivity contribution is 7.23. The molecule has 246 valence electrons. The number of ether oxygens (including phenoxy) is 3. The molecular weight excluding hydrogens is 628 g/mol. The number of thiophene rings is 1. The number of pyridine rings is 1. The Balaban J connectivity index is 1.29. The zero-order chi connectivity index (χ0) is 33.0. The zero-order valence-electron chi connectivity index (χ0n) is 26.7. The van der Waals surface area contributed by atoms with E-state index in [1.54, 1.807) is 27.0 Å². The Labute approximate surface area is 274 Å². The maximum Gasteiger partial charge on any atom is 0.412 e. The molecule has 6 heterocycles. The Hall–Kier alpha value is -4.03. The van der Waals surface area contributed by atoms with Crippen molar-refractivity contribution in [3.8, 4) is 17.3 Å². The molecule has 2 atom stereocenters. The third-order valence-electron chi connectivity index (χ3n) is 8.90. The van der Waals surface area contributed by atoms with Crippen molar-refractivity contribution in [1.82, 2.24) is 19.9 Å². The van der Waals surface area contributed by atoms with Gasteiger partial charge >= 0.3 is 6.09 Å². The molecule has 14 heteroatoms. The number of benzene rings is 1. The number of likely N-dealkylation sites (N-methyl/N-ethyl adjacent to an activating group) is 1. The number of amides is 1. The molecule has 1 unspecified atom stereocenters. The van der Waals surface area contributed by atoms with Crippen LogP contribution >= 0.6 is 11.3 Å². The lowest BCUT2D eigenvalue weighted by molar-refractivity contribution is 0.0636. The van der Waals surface area contributed by atoms with E-state index in [2.05, 4.69) is 38.2 Å². The Bertz CT molecular complexity index is 1930. The second-order valence-electron chi connectivity index (χ2n) is 13.2. The van der Waals surface area contributed by atoms with Gasteiger partial charge in [-0.05, 0) is 58.2 Å². The van der Waals surface area contributed by atoms with Gasteiger partial charge in [-0.25, -0.2) is 23.5 Å². The molecule has 1 aromatic carbocycles. The van der Waals surface area contributed by atoms with E-state index in [0.29, 0.717) is 23.4 Å². The summed E-state index contributed by atoms with van der Waals surface area (Å²) in [5.41, 5.74) is 0.698. The number of hydrogen-bond donors (Lipinski definition) is 1. The lowest BCUT2D eigenvalue weighted by atomic mass is 9.94. The standard InChI is InChI=1S/C33H35F2N7O4S/c1-33(2,3)46-32(43)40-30-19(10-36)25-28(37-12-23(34)29(25)47-30)24-22-16-44-15-21(22)20-11-38-31(39-27(20)26(24)35)42-8-7-17(13-42)41(4)14-18-6-5-9-45-18/h11-12,17-18H,5-9,13-16H2,1-4H3,(H,40,43)/t17-,18?/m0/s1. The van der Waals surface area contributed by atoms with Crippen molar-refractivity contribution in [2.24, 2.45) is 0 Å². The van der Waals surface area contributed by atoms with Gasteiger partial charge in [0.15, 0.2) is 11.6 Å². The van der Waals surface area contributed by atoms with Gasteiger partial charge in [-0.15, -0.1) is 11.3 Å². The second kappa shape index (κ2) is 12.2. The third-order valence-corrected chi connectivity index (χ3v) is 10.0. The fourth-order valence-electron chi connectivity index (χ4n) is 6.70. The molecule has 7 rings (SSSR count). The van der Waals surface area contributed by atoms with Crippen molar-refractivity contribution in [3.05, 3.63) is 40.7 Å². The van der Waals surface area contributed by atoms with Crippen LogP contribution in [0.1, 0.15) is 56.7 Å². The predicted octanol–water partition coefficient (Wildman–Crippen LogP) is 6.12. The van der Waals surface area contributed by atoms with Gasteiger partial charge in [-0.3, -0.25) is 15.2 Å². The second-order valence-corrected chi connectivity index (χ2v) is 14.3. The summed E-state index contributed by atoms with van der Waals surface area (Å²) in [6, 6.07) is 2.35. The fourth-order valence-corrected chi connectivity index (χ4v) is 7.73. The summed E-state index contributed by atoms with van der Waals surface area (Å²) in [4.78, 5) is 30.7. The molecular formula is C33H35F2N7O4S. The number of carbonyl (C=O) groups excluding carboxylic acids is 1. The first-order valence-corrected chi connectivity index (χ1v) is 16.5. The molecule has 3 aliphatic rings. The first-order valence-electron chi connectivity index (χ1n) is 15.7. The molecule has 0 aliphatic carbocycles. The summed E-state index contributed by atoms with van der Waals surface area (Å²) in [6.07, 6.45) is 5.18. The van der Waals surface area contributed by atoms with Gasteiger partial charge in [0.25, 0.3) is 0 Å². The molecule has 0 saturated carbocycles. The Morgan fingerprint density at radius 2 is 2.04 bits per heavy atom. The highest BCUT2D eigenvalue weighted by atomic mass is 32.1. The fraction of sp³-hybridized carbons (Fsp3) is 0.485. The number of hydrogen-bond acceptors (Lipinski definition) is 11. The minimum atomic E-state index is -0.798. The summed E-state index contributed by atoms with van der Waals surface area (Å²) >= 11 is 0.865. The largest absolute Gasteiger partial charge is 0.444 e. The van der Waals surface area contributed by atoms with Crippen LogP contribution in [-0.4, -0.2) is 77.0 Å². The molecule has 1 amide bonds. The molecule has 1 N–H and O–H groups in total. The third kappa shape index (κ3) is 5.86. The van der Waals surface area contributed by atoms with Gasteiger partial charge in [-0.2, -0.15) is 5.26 Å². The van der Waals surface area contributed by atoms with Crippen LogP contribution in [0.3, 0.4) is 0 Å². The molecule has 0 bridgehead atoms. The van der Waals surface area contributed by atoms with Crippen molar-refractivity contribution in [2.75, 3.05) is 43.5 Å². The van der Waals surface area contributed by atoms with Crippen LogP contribution in [-0.2, 0) is 27.4 Å². The van der Waals surface area contributed by atoms with Gasteiger partial charge in [0.2, 0.25) is 5.95 Å². The van der Waals surface area contributed by atoms with E-state index in [4.69, 9.17) is 19.2 Å². The first kappa shape index (κ1) is 31.6. The SMILES string of the molecule is CN(CC1CCCO1)[C@H]1CCN(c2ncc3c4c(c(-c5ncc(F)c6sc(NC(=O)OC(C)(C)C)c(C#N)c56)c(F)c3n2)COC4)C1. The molecule has 0 radical (unpaired) electrons. The molecule has 4 aromatic rings. The summed E-state index contributed by atoms with van der Waals surface area (Å²) in [6.45, 7) is 8.53. The molecule has 2 fully saturated rings. The lowest BCUT2D eigenvalue weighted by Gasteiger charge is -2.27. The minimum Gasteiger partial charge on any atom is -0.444 e. The van der Waals surface area contributed by atoms with Gasteiger partial charge < -0.3 is 19.1 Å². The number of anilines is 2. The normalized spacial score (nSPS) is 19.6. The molecule has 2 saturated heterocycles. The van der Waals surface area contributed by atoms with Crippen molar-refractivity contribution >= 4 is 49.4 Å². The van der Waals surface area contributed by atoms with Crippen molar-refractivity contribution in [1.29, 1.82) is 5.26 Å². The number of halogens is 2. The minimum absolute atomic E-state index is 0.0383. The van der Waals surface area contributed by atoms with E-state index in [1.165, 1.54) is 0 Å². The maximum absolute atomic E-state index is 16.9. The number of rotatable bonds is 6. The highest BCUT2D eigenvalue weighted by Crippen LogP contribution is 2.46. The average Bonchev–Trinajstić information content (AvgIpc) is 3.84. The Kier molecular flexibility index (Phi) is 8.20. The van der Waals surface area contributed by atoms with Gasteiger partial charge in [0.05, 0.1) is 41.5 Å². The molecule has 47 heavy (non-hydrogen) atoms. The van der Waals surface area contributed by atoms with Crippen LogP contribution in [0.2, 0.25) is 0 Å². The van der Waals surface area contributed by atoms with Crippen LogP contribution in [0, 0.1) is 23.0 Å². The predicted molar refractivity (Wildman–Crippen MR) is 173 cm³/mol. The van der Waals surface area contributed by atoms with E-state index in [-0.39, 0.29) is 62.8 Å². The number of nitriles is 1. The quantitative estimate of drug-likeness (QED) is 0.258. The Morgan fingerprint density at radius 1 is 1.23 bits per heavy atom. The van der Waals surface area contributed by atoms with E-state index in [1.807, 2.05) is 0 Å². The van der Waals surface area contributed by atoms with Crippen molar-refractivity contribution in [2.45, 2.75) is 71.0 Å². The van der Waals surface area contributed by atoms with E-state index >= 15 is 8.78 Å². The number of carbonyl (C=O) groups is 1. The number of nitrogens with one attached hydrogen (secondary N) is 1.